The molecular weight excluding hydrogens is 855 g/mol. The van der Waals surface area contributed by atoms with Crippen molar-refractivity contribution in [2.24, 2.45) is 54.4 Å². The monoisotopic (exact) mass is 939 g/mol. The van der Waals surface area contributed by atoms with Gasteiger partial charge in [-0.15, -0.1) is 0 Å². The summed E-state index contributed by atoms with van der Waals surface area (Å²) in [6, 6.07) is -1.33. The van der Waals surface area contributed by atoms with Gasteiger partial charge in [0.1, 0.15) is 17.6 Å². The number of ether oxygens (including phenoxy) is 1. The van der Waals surface area contributed by atoms with E-state index < -0.39 is 39.8 Å². The fourth-order valence-electron chi connectivity index (χ4n) is 12.1. The first-order valence-electron chi connectivity index (χ1n) is 25.4. The Hall–Kier alpha value is -2.14. The number of unbranched alkanes of at least 4 members (excludes halogenated alkanes) is 3. The summed E-state index contributed by atoms with van der Waals surface area (Å²) in [5.41, 5.74) is 0. The maximum Gasteiger partial charge on any atom is 0.306 e. The Bertz CT molecular complexity index is 1690. The number of fused-ring (bicyclic) bond motifs is 1. The molecule has 0 aromatic carbocycles. The number of carboxylic acid groups (broad SMARTS) is 1. The number of carbonyl (C=O) groups is 1. The first kappa shape index (κ1) is 52.2. The smallest absolute Gasteiger partial charge is 0.306 e. The van der Waals surface area contributed by atoms with Crippen LogP contribution >= 0.6 is 0 Å². The van der Waals surface area contributed by atoms with Gasteiger partial charge in [-0.3, -0.25) is 24.5 Å². The van der Waals surface area contributed by atoms with Crippen molar-refractivity contribution in [3.63, 3.8) is 0 Å². The van der Waals surface area contributed by atoms with Crippen molar-refractivity contribution in [3.05, 3.63) is 0 Å². The van der Waals surface area contributed by atoms with Gasteiger partial charge in [0.25, 0.3) is 16.5 Å². The number of hydrogen-bond donors (Lipinski definition) is 8. The minimum Gasteiger partial charge on any atom is -0.481 e. The van der Waals surface area contributed by atoms with Crippen LogP contribution in [0.25, 0.3) is 0 Å². The largest absolute Gasteiger partial charge is 0.481 e. The molecule has 0 amide bonds. The number of nitrogens with zero attached hydrogens (tertiary/aromatic N) is 7. The first-order chi connectivity index (χ1) is 31.2. The average molecular weight is 939 g/mol. The van der Waals surface area contributed by atoms with Gasteiger partial charge in [-0.25, -0.2) is 10.6 Å². The summed E-state index contributed by atoms with van der Waals surface area (Å²) < 4.78 is 43.1. The average Bonchev–Trinajstić information content (AvgIpc) is 3.28. The van der Waals surface area contributed by atoms with Crippen LogP contribution in [0.4, 0.5) is 0 Å². The highest BCUT2D eigenvalue weighted by atomic mass is 32.2. The second-order valence-electron chi connectivity index (χ2n) is 20.4. The van der Waals surface area contributed by atoms with Gasteiger partial charge >= 0.3 is 5.97 Å². The predicted octanol–water partition coefficient (Wildman–Crippen LogP) is 5.70. The van der Waals surface area contributed by atoms with Crippen LogP contribution < -0.4 is 21.3 Å². The number of aliphatic carboxylic acids is 1. The Kier molecular flexibility index (Phi) is 19.6. The Morgan fingerprint density at radius 1 is 0.769 bits per heavy atom. The lowest BCUT2D eigenvalue weighted by Gasteiger charge is -2.55. The molecule has 1 aliphatic heterocycles. The van der Waals surface area contributed by atoms with E-state index in [1.807, 2.05) is 0 Å². The van der Waals surface area contributed by atoms with E-state index in [-0.39, 0.29) is 85.0 Å². The van der Waals surface area contributed by atoms with Gasteiger partial charge in [0.15, 0.2) is 0 Å². The highest BCUT2D eigenvalue weighted by Gasteiger charge is 2.55. The zero-order chi connectivity index (χ0) is 46.7. The first-order valence-corrected chi connectivity index (χ1v) is 26.9. The Labute approximate surface area is 388 Å². The lowest BCUT2D eigenvalue weighted by atomic mass is 9.65. The maximum absolute atomic E-state index is 13.1. The molecule has 0 radical (unpaired) electrons. The van der Waals surface area contributed by atoms with E-state index in [9.17, 15) is 33.1 Å². The van der Waals surface area contributed by atoms with Crippen molar-refractivity contribution in [1.29, 1.82) is 0 Å². The predicted molar refractivity (Wildman–Crippen MR) is 246 cm³/mol. The molecule has 0 bridgehead atoms. The normalized spacial score (nSPS) is 42.1. The highest BCUT2D eigenvalue weighted by Crippen LogP contribution is 2.45. The van der Waals surface area contributed by atoms with E-state index >= 15 is 0 Å². The van der Waals surface area contributed by atoms with Crippen molar-refractivity contribution in [2.75, 3.05) is 26.7 Å². The zero-order valence-corrected chi connectivity index (χ0v) is 40.6. The SMILES string of the molecule is CCCCCCNC1NC(O)[N+](CC)(CCC)C(NC2CCCC3C(O)C(N=NC4CCC(N=NC5CCC(N=NC6CCC(C(=O)O)CC6)CC5OC)C(C)C4)C(S(=O)(=O)O)CC23)N1. The van der Waals surface area contributed by atoms with Crippen LogP contribution in [0, 0.1) is 23.7 Å². The minimum absolute atomic E-state index is 0.00497. The second-order valence-corrected chi connectivity index (χ2v) is 22.0. The summed E-state index contributed by atoms with van der Waals surface area (Å²) in [7, 11) is -2.89. The Morgan fingerprint density at radius 2 is 1.45 bits per heavy atom. The summed E-state index contributed by atoms with van der Waals surface area (Å²) in [5.74, 6) is -1.30. The molecule has 8 N–H and O–H groups in total. The van der Waals surface area contributed by atoms with E-state index in [0.717, 1.165) is 83.6 Å². The van der Waals surface area contributed by atoms with Crippen molar-refractivity contribution < 1.29 is 42.3 Å². The van der Waals surface area contributed by atoms with Gasteiger partial charge in [0.05, 0.1) is 61.4 Å². The van der Waals surface area contributed by atoms with E-state index in [2.05, 4.69) is 64.3 Å². The molecule has 16 atom stereocenters. The molecule has 0 aromatic rings. The number of methoxy groups -OCH3 is 1. The fourth-order valence-corrected chi connectivity index (χ4v) is 13.1. The summed E-state index contributed by atoms with van der Waals surface area (Å²) in [6.07, 6.45) is 12.4. The number of aliphatic hydroxyl groups is 2. The number of aliphatic hydroxyl groups excluding tert-OH is 2. The van der Waals surface area contributed by atoms with Gasteiger partial charge in [-0.1, -0.05) is 46.5 Å². The second kappa shape index (κ2) is 24.4. The number of carboxylic acids is 1. The standard InChI is InChI=1S/C45H83N11O8S/c1-6-9-10-11-23-46-43-48-44(56(8-3,24-7-2)45(60)49-43)47-36-14-12-13-33-34(36)27-39(65(61,62)63)40(41(33)57)55-52-31-19-21-35(28(4)25-31)53-54-37-22-20-32(26-38(37)64-5)51-50-30-17-15-29(16-18-30)42(58)59/h28-41,43-49,57,60H,6-27H2,1-5H3,(H-,58,59,61,62,63)/p+1. The molecule has 1 heterocycles. The summed E-state index contributed by atoms with van der Waals surface area (Å²) in [6.45, 7) is 10.7. The van der Waals surface area contributed by atoms with Crippen LogP contribution in [0.15, 0.2) is 30.7 Å². The zero-order valence-electron chi connectivity index (χ0n) is 39.8. The third-order valence-corrected chi connectivity index (χ3v) is 17.3. The van der Waals surface area contributed by atoms with Crippen molar-refractivity contribution in [2.45, 2.75) is 228 Å². The summed E-state index contributed by atoms with van der Waals surface area (Å²) in [5, 5.41) is 74.2. The fraction of sp³-hybridized carbons (Fsp3) is 0.978. The molecule has 19 nitrogen and oxygen atoms in total. The van der Waals surface area contributed by atoms with Gasteiger partial charge in [0, 0.05) is 13.2 Å². The molecule has 1 saturated heterocycles. The van der Waals surface area contributed by atoms with Gasteiger partial charge in [-0.2, -0.15) is 39.1 Å². The topological polar surface area (TPSA) is 264 Å². The van der Waals surface area contributed by atoms with Crippen LogP contribution in [-0.2, 0) is 19.6 Å². The number of azo groups is 3. The van der Waals surface area contributed by atoms with E-state index in [1.54, 1.807) is 7.11 Å². The number of hydrogen-bond acceptors (Lipinski definition) is 16. The maximum atomic E-state index is 13.1. The van der Waals surface area contributed by atoms with Crippen molar-refractivity contribution >= 4 is 16.1 Å². The van der Waals surface area contributed by atoms with E-state index in [0.29, 0.717) is 49.7 Å². The molecule has 16 unspecified atom stereocenters. The number of nitrogens with one attached hydrogen (secondary N) is 4. The number of rotatable bonds is 20. The molecule has 6 rings (SSSR count). The third-order valence-electron chi connectivity index (χ3n) is 16.1. The molecule has 5 saturated carbocycles. The molecule has 0 aromatic heterocycles. The highest BCUT2D eigenvalue weighted by molar-refractivity contribution is 7.86. The van der Waals surface area contributed by atoms with Crippen molar-refractivity contribution in [1.82, 2.24) is 21.3 Å². The molecular formula is C45H84N11O8S+. The number of quaternary nitrogens is 1. The molecule has 6 aliphatic rings. The summed E-state index contributed by atoms with van der Waals surface area (Å²) in [4.78, 5) is 11.3. The lowest BCUT2D eigenvalue weighted by molar-refractivity contribution is -1.01. The Morgan fingerprint density at radius 3 is 2.11 bits per heavy atom. The molecule has 6 fully saturated rings. The van der Waals surface area contributed by atoms with Crippen molar-refractivity contribution in [3.8, 4) is 0 Å². The van der Waals surface area contributed by atoms with Crippen LogP contribution in [0.3, 0.4) is 0 Å². The summed E-state index contributed by atoms with van der Waals surface area (Å²) >= 11 is 0. The third kappa shape index (κ3) is 13.3. The van der Waals surface area contributed by atoms with Crippen LogP contribution in [0.2, 0.25) is 0 Å². The molecule has 5 aliphatic carbocycles. The van der Waals surface area contributed by atoms with Crippen LogP contribution in [0.1, 0.15) is 150 Å². The lowest BCUT2D eigenvalue weighted by Crippen LogP contribution is -2.84. The van der Waals surface area contributed by atoms with Crippen LogP contribution in [-0.4, -0.2) is 144 Å². The van der Waals surface area contributed by atoms with E-state index in [4.69, 9.17) is 20.1 Å². The molecule has 20 heteroatoms. The van der Waals surface area contributed by atoms with Gasteiger partial charge < -0.3 is 20.1 Å². The molecule has 0 spiro atoms. The molecule has 372 valence electrons. The quantitative estimate of drug-likeness (QED) is 0.0317. The van der Waals surface area contributed by atoms with Crippen LogP contribution in [0.5, 0.6) is 0 Å². The molecule has 65 heavy (non-hydrogen) atoms. The Balaban J connectivity index is 1.04. The van der Waals surface area contributed by atoms with Gasteiger partial charge in [0.2, 0.25) is 6.29 Å². The minimum atomic E-state index is -4.59. The van der Waals surface area contributed by atoms with E-state index in [1.165, 1.54) is 6.42 Å². The van der Waals surface area contributed by atoms with Gasteiger partial charge in [-0.05, 0) is 128 Å².